The largest absolute Gasteiger partial charge is 0.289 e. The first-order chi connectivity index (χ1) is 8.90. The Morgan fingerprint density at radius 3 is 2.00 bits per heavy atom. The van der Waals surface area contributed by atoms with E-state index in [0.717, 1.165) is 0 Å². The molecule has 19 heavy (non-hydrogen) atoms. The summed E-state index contributed by atoms with van der Waals surface area (Å²) in [6.45, 7) is 5.00. The molecule has 0 aromatic heterocycles. The highest BCUT2D eigenvalue weighted by Gasteiger charge is 2.16. The van der Waals surface area contributed by atoms with Gasteiger partial charge in [0.2, 0.25) is 0 Å². The molecule has 0 heterocycles. The fraction of sp³-hybridized carbons (Fsp3) is 0.188. The number of carbonyl (C=O) groups excluding carboxylic acids is 1. The lowest BCUT2D eigenvalue weighted by molar-refractivity contribution is 0.103. The van der Waals surface area contributed by atoms with Crippen molar-refractivity contribution >= 4 is 5.78 Å². The van der Waals surface area contributed by atoms with Crippen molar-refractivity contribution in [1.29, 1.82) is 0 Å². The van der Waals surface area contributed by atoms with Crippen LogP contribution in [0.5, 0.6) is 0 Å². The van der Waals surface area contributed by atoms with Crippen LogP contribution in [0.4, 0.5) is 8.78 Å². The summed E-state index contributed by atoms with van der Waals surface area (Å²) in [6, 6.07) is 6.90. The summed E-state index contributed by atoms with van der Waals surface area (Å²) < 4.78 is 26.4. The maximum Gasteiger partial charge on any atom is 0.193 e. The predicted octanol–water partition coefficient (Wildman–Crippen LogP) is 4.12. The van der Waals surface area contributed by atoms with Crippen LogP contribution in [0.3, 0.4) is 0 Å². The molecule has 1 nitrogen and oxygen atoms in total. The van der Waals surface area contributed by atoms with Crippen LogP contribution < -0.4 is 0 Å². The van der Waals surface area contributed by atoms with Gasteiger partial charge in [0.15, 0.2) is 5.78 Å². The van der Waals surface area contributed by atoms with Gasteiger partial charge in [0.05, 0.1) is 0 Å². The number of aryl methyl sites for hydroxylation is 3. The van der Waals surface area contributed by atoms with Crippen molar-refractivity contribution in [2.75, 3.05) is 0 Å². The summed E-state index contributed by atoms with van der Waals surface area (Å²) in [7, 11) is 0. The van der Waals surface area contributed by atoms with E-state index in [2.05, 4.69) is 0 Å². The monoisotopic (exact) mass is 260 g/mol. The minimum atomic E-state index is -0.359. The van der Waals surface area contributed by atoms with Crippen LogP contribution in [0, 0.1) is 32.4 Å². The second kappa shape index (κ2) is 4.92. The number of benzene rings is 2. The third-order valence-corrected chi connectivity index (χ3v) is 3.14. The summed E-state index contributed by atoms with van der Waals surface area (Å²) in [4.78, 5) is 12.4. The topological polar surface area (TPSA) is 17.1 Å². The zero-order valence-electron chi connectivity index (χ0n) is 11.1. The van der Waals surface area contributed by atoms with E-state index in [1.54, 1.807) is 20.8 Å². The van der Waals surface area contributed by atoms with Gasteiger partial charge in [0, 0.05) is 11.1 Å². The molecule has 0 fully saturated rings. The zero-order chi connectivity index (χ0) is 14.2. The third-order valence-electron chi connectivity index (χ3n) is 3.14. The number of ketones is 1. The molecule has 0 aliphatic rings. The molecular formula is C16H14F2O. The van der Waals surface area contributed by atoms with E-state index in [-0.39, 0.29) is 17.4 Å². The Kier molecular flexibility index (Phi) is 3.47. The molecule has 0 amide bonds. The summed E-state index contributed by atoms with van der Waals surface area (Å²) >= 11 is 0. The lowest BCUT2D eigenvalue weighted by Gasteiger charge is -2.10. The number of carbonyl (C=O) groups is 1. The van der Waals surface area contributed by atoms with Gasteiger partial charge in [-0.2, -0.15) is 0 Å². The molecule has 0 spiro atoms. The van der Waals surface area contributed by atoms with Gasteiger partial charge in [-0.25, -0.2) is 8.78 Å². The summed E-state index contributed by atoms with van der Waals surface area (Å²) in [5.74, 6) is -0.913. The highest BCUT2D eigenvalue weighted by atomic mass is 19.1. The molecule has 0 atom stereocenters. The van der Waals surface area contributed by atoms with Gasteiger partial charge in [-0.05, 0) is 67.8 Å². The van der Waals surface area contributed by atoms with E-state index in [1.165, 1.54) is 30.3 Å². The molecule has 0 N–H and O–H groups in total. The Hall–Kier alpha value is -2.03. The maximum absolute atomic E-state index is 13.2. The van der Waals surface area contributed by atoms with Gasteiger partial charge in [-0.3, -0.25) is 4.79 Å². The molecular weight excluding hydrogens is 246 g/mol. The van der Waals surface area contributed by atoms with Crippen LogP contribution in [-0.4, -0.2) is 5.78 Å². The molecule has 0 saturated heterocycles. The van der Waals surface area contributed by atoms with Crippen molar-refractivity contribution in [2.45, 2.75) is 20.8 Å². The molecule has 0 saturated carbocycles. The normalized spacial score (nSPS) is 10.6. The number of hydrogen-bond acceptors (Lipinski definition) is 1. The van der Waals surface area contributed by atoms with Gasteiger partial charge in [-0.1, -0.05) is 0 Å². The Morgan fingerprint density at radius 1 is 0.895 bits per heavy atom. The van der Waals surface area contributed by atoms with E-state index in [9.17, 15) is 13.6 Å². The van der Waals surface area contributed by atoms with Crippen molar-refractivity contribution in [3.05, 3.63) is 69.8 Å². The van der Waals surface area contributed by atoms with Gasteiger partial charge in [-0.15, -0.1) is 0 Å². The number of rotatable bonds is 2. The van der Waals surface area contributed by atoms with Gasteiger partial charge < -0.3 is 0 Å². The molecule has 0 unspecified atom stereocenters. The van der Waals surface area contributed by atoms with E-state index >= 15 is 0 Å². The van der Waals surface area contributed by atoms with Crippen LogP contribution in [0.1, 0.15) is 32.6 Å². The Morgan fingerprint density at radius 2 is 1.47 bits per heavy atom. The minimum Gasteiger partial charge on any atom is -0.289 e. The van der Waals surface area contributed by atoms with E-state index < -0.39 is 0 Å². The number of hydrogen-bond donors (Lipinski definition) is 0. The average molecular weight is 260 g/mol. The lowest BCUT2D eigenvalue weighted by Crippen LogP contribution is -2.07. The number of halogens is 2. The second-order valence-corrected chi connectivity index (χ2v) is 4.71. The minimum absolute atomic E-state index is 0.210. The summed E-state index contributed by atoms with van der Waals surface area (Å²) in [5, 5.41) is 0. The highest BCUT2D eigenvalue weighted by Crippen LogP contribution is 2.21. The molecule has 0 aliphatic carbocycles. The van der Waals surface area contributed by atoms with Gasteiger partial charge in [0.1, 0.15) is 11.6 Å². The van der Waals surface area contributed by atoms with E-state index in [4.69, 9.17) is 0 Å². The molecule has 2 rings (SSSR count). The molecule has 2 aromatic carbocycles. The van der Waals surface area contributed by atoms with Crippen molar-refractivity contribution in [3.63, 3.8) is 0 Å². The van der Waals surface area contributed by atoms with Crippen LogP contribution in [0.2, 0.25) is 0 Å². The lowest BCUT2D eigenvalue weighted by atomic mass is 9.94. The van der Waals surface area contributed by atoms with Crippen LogP contribution in [0.25, 0.3) is 0 Å². The fourth-order valence-corrected chi connectivity index (χ4v) is 2.20. The average Bonchev–Trinajstić information content (AvgIpc) is 2.31. The fourth-order valence-electron chi connectivity index (χ4n) is 2.20. The van der Waals surface area contributed by atoms with Crippen LogP contribution in [-0.2, 0) is 0 Å². The second-order valence-electron chi connectivity index (χ2n) is 4.71. The quantitative estimate of drug-likeness (QED) is 0.742. The van der Waals surface area contributed by atoms with Crippen LogP contribution in [0.15, 0.2) is 30.3 Å². The van der Waals surface area contributed by atoms with Gasteiger partial charge in [0.25, 0.3) is 0 Å². The molecule has 2 aromatic rings. The SMILES string of the molecule is Cc1cc(C(=O)c2c(C)cc(F)cc2C)ccc1F. The predicted molar refractivity (Wildman–Crippen MR) is 70.4 cm³/mol. The zero-order valence-corrected chi connectivity index (χ0v) is 11.1. The highest BCUT2D eigenvalue weighted by molar-refractivity contribution is 6.10. The summed E-state index contributed by atoms with van der Waals surface area (Å²) in [5.41, 5.74) is 2.49. The Bertz CT molecular complexity index is 637. The Balaban J connectivity index is 2.53. The van der Waals surface area contributed by atoms with Crippen molar-refractivity contribution < 1.29 is 13.6 Å². The van der Waals surface area contributed by atoms with E-state index in [1.807, 2.05) is 0 Å². The molecule has 3 heteroatoms. The summed E-state index contributed by atoms with van der Waals surface area (Å²) in [6.07, 6.45) is 0. The third kappa shape index (κ3) is 2.55. The maximum atomic E-state index is 13.2. The van der Waals surface area contributed by atoms with Crippen molar-refractivity contribution in [1.82, 2.24) is 0 Å². The first-order valence-corrected chi connectivity index (χ1v) is 5.97. The van der Waals surface area contributed by atoms with Crippen LogP contribution >= 0.6 is 0 Å². The molecule has 0 bridgehead atoms. The standard InChI is InChI=1S/C16H14F2O/c1-9-6-12(4-5-14(9)18)16(19)15-10(2)7-13(17)8-11(15)3/h4-8H,1-3H3. The molecule has 0 radical (unpaired) electrons. The smallest absolute Gasteiger partial charge is 0.193 e. The Labute approximate surface area is 110 Å². The molecule has 98 valence electrons. The van der Waals surface area contributed by atoms with Crippen molar-refractivity contribution in [2.24, 2.45) is 0 Å². The van der Waals surface area contributed by atoms with Crippen molar-refractivity contribution in [3.8, 4) is 0 Å². The van der Waals surface area contributed by atoms with E-state index in [0.29, 0.717) is 27.8 Å². The first kappa shape index (κ1) is 13.4. The molecule has 0 aliphatic heterocycles. The van der Waals surface area contributed by atoms with Gasteiger partial charge >= 0.3 is 0 Å². The first-order valence-electron chi connectivity index (χ1n) is 5.97.